The molecule has 1 saturated carbocycles. The summed E-state index contributed by atoms with van der Waals surface area (Å²) in [7, 11) is 0. The van der Waals surface area contributed by atoms with Crippen molar-refractivity contribution in [2.24, 2.45) is 11.3 Å². The van der Waals surface area contributed by atoms with Gasteiger partial charge in [-0.15, -0.1) is 0 Å². The van der Waals surface area contributed by atoms with E-state index in [2.05, 4.69) is 51.0 Å². The smallest absolute Gasteiger partial charge is 0.152 e. The third kappa shape index (κ3) is 3.33. The van der Waals surface area contributed by atoms with Gasteiger partial charge in [0, 0.05) is 19.0 Å². The number of aliphatic hydroxyl groups is 1. The van der Waals surface area contributed by atoms with Gasteiger partial charge in [0.25, 0.3) is 0 Å². The standard InChI is InChI=1S/C23H25N3O/c27-16-21-22(24-15-20(25-21)8-7-17-5-6-17)26-11-9-23(10-12-26)13-18-3-1-2-4-19(18)14-23/h1-4,15,17,27H,5-6,9-14,16H2. The van der Waals surface area contributed by atoms with E-state index in [4.69, 9.17) is 0 Å². The van der Waals surface area contributed by atoms with Gasteiger partial charge in [0.05, 0.1) is 12.8 Å². The minimum Gasteiger partial charge on any atom is -0.390 e. The maximum atomic E-state index is 9.81. The number of nitrogens with zero attached hydrogens (tertiary/aromatic N) is 3. The SMILES string of the molecule is OCc1nc(C#CC2CC2)cnc1N1CCC2(CC1)Cc1ccccc1C2. The van der Waals surface area contributed by atoms with E-state index in [0.29, 0.717) is 22.7 Å². The minimum absolute atomic E-state index is 0.0889. The number of hydrogen-bond acceptors (Lipinski definition) is 4. The van der Waals surface area contributed by atoms with Gasteiger partial charge in [-0.05, 0) is 61.0 Å². The van der Waals surface area contributed by atoms with Crippen LogP contribution in [0.4, 0.5) is 5.82 Å². The summed E-state index contributed by atoms with van der Waals surface area (Å²) in [6.45, 7) is 1.86. The van der Waals surface area contributed by atoms with Gasteiger partial charge in [0.2, 0.25) is 0 Å². The first-order chi connectivity index (χ1) is 13.2. The highest BCUT2D eigenvalue weighted by Crippen LogP contribution is 2.45. The van der Waals surface area contributed by atoms with E-state index in [1.54, 1.807) is 6.20 Å². The summed E-state index contributed by atoms with van der Waals surface area (Å²) in [6.07, 6.45) is 8.89. The van der Waals surface area contributed by atoms with Crippen molar-refractivity contribution in [3.8, 4) is 11.8 Å². The van der Waals surface area contributed by atoms with Crippen LogP contribution in [0, 0.1) is 23.2 Å². The van der Waals surface area contributed by atoms with Crippen LogP contribution in [0.15, 0.2) is 30.5 Å². The number of aromatic nitrogens is 2. The fraction of sp³-hybridized carbons (Fsp3) is 0.478. The van der Waals surface area contributed by atoms with E-state index in [9.17, 15) is 5.11 Å². The summed E-state index contributed by atoms with van der Waals surface area (Å²) in [6, 6.07) is 8.88. The second-order valence-corrected chi connectivity index (χ2v) is 8.34. The Balaban J connectivity index is 1.30. The third-order valence-corrected chi connectivity index (χ3v) is 6.33. The number of piperidine rings is 1. The van der Waals surface area contributed by atoms with Gasteiger partial charge in [-0.2, -0.15) is 0 Å². The average Bonchev–Trinajstić information content (AvgIpc) is 3.47. The van der Waals surface area contributed by atoms with Crippen molar-refractivity contribution in [2.75, 3.05) is 18.0 Å². The molecule has 1 aromatic carbocycles. The molecular weight excluding hydrogens is 334 g/mol. The Hall–Kier alpha value is -2.38. The zero-order valence-electron chi connectivity index (χ0n) is 15.6. The van der Waals surface area contributed by atoms with Crippen molar-refractivity contribution >= 4 is 5.82 Å². The van der Waals surface area contributed by atoms with E-state index in [1.807, 2.05) is 0 Å². The zero-order chi connectivity index (χ0) is 18.3. The normalized spacial score (nSPS) is 20.3. The lowest BCUT2D eigenvalue weighted by Crippen LogP contribution is -2.41. The Kier molecular flexibility index (Phi) is 4.13. The first kappa shape index (κ1) is 16.8. The Labute approximate surface area is 160 Å². The number of benzene rings is 1. The van der Waals surface area contributed by atoms with Gasteiger partial charge in [-0.25, -0.2) is 9.97 Å². The van der Waals surface area contributed by atoms with E-state index < -0.39 is 0 Å². The van der Waals surface area contributed by atoms with Crippen molar-refractivity contribution in [1.29, 1.82) is 0 Å². The quantitative estimate of drug-likeness (QED) is 0.837. The number of fused-ring (bicyclic) bond motifs is 1. The summed E-state index contributed by atoms with van der Waals surface area (Å²) >= 11 is 0. The van der Waals surface area contributed by atoms with Crippen molar-refractivity contribution < 1.29 is 5.11 Å². The highest BCUT2D eigenvalue weighted by molar-refractivity contribution is 5.46. The van der Waals surface area contributed by atoms with Crippen molar-refractivity contribution in [3.05, 3.63) is 53.0 Å². The number of hydrogen-bond donors (Lipinski definition) is 1. The van der Waals surface area contributed by atoms with Crippen LogP contribution in [0.5, 0.6) is 0 Å². The lowest BCUT2D eigenvalue weighted by Gasteiger charge is -2.40. The highest BCUT2D eigenvalue weighted by Gasteiger charge is 2.40. The van der Waals surface area contributed by atoms with E-state index in [1.165, 1.54) is 36.8 Å². The molecule has 27 heavy (non-hydrogen) atoms. The van der Waals surface area contributed by atoms with Gasteiger partial charge in [-0.1, -0.05) is 30.2 Å². The summed E-state index contributed by atoms with van der Waals surface area (Å²) in [4.78, 5) is 11.5. The maximum absolute atomic E-state index is 9.81. The lowest BCUT2D eigenvalue weighted by atomic mass is 9.76. The molecule has 0 amide bonds. The summed E-state index contributed by atoms with van der Waals surface area (Å²) < 4.78 is 0. The predicted octanol–water partition coefficient (Wildman–Crippen LogP) is 3.12. The Morgan fingerprint density at radius 3 is 2.44 bits per heavy atom. The third-order valence-electron chi connectivity index (χ3n) is 6.33. The van der Waals surface area contributed by atoms with Crippen LogP contribution in [-0.2, 0) is 19.4 Å². The summed E-state index contributed by atoms with van der Waals surface area (Å²) in [5.41, 5.74) is 4.79. The first-order valence-electron chi connectivity index (χ1n) is 10.0. The zero-order valence-corrected chi connectivity index (χ0v) is 15.6. The van der Waals surface area contributed by atoms with Crippen LogP contribution in [0.3, 0.4) is 0 Å². The maximum Gasteiger partial charge on any atom is 0.152 e. The molecule has 1 aliphatic heterocycles. The molecule has 4 heteroatoms. The molecule has 0 bridgehead atoms. The summed E-state index contributed by atoms with van der Waals surface area (Å²) in [5, 5.41) is 9.81. The molecule has 0 unspecified atom stereocenters. The van der Waals surface area contributed by atoms with Crippen LogP contribution < -0.4 is 4.90 Å². The van der Waals surface area contributed by atoms with Crippen LogP contribution in [0.25, 0.3) is 0 Å². The van der Waals surface area contributed by atoms with Gasteiger partial charge in [-0.3, -0.25) is 0 Å². The van der Waals surface area contributed by atoms with Gasteiger partial charge in [0.15, 0.2) is 5.82 Å². The van der Waals surface area contributed by atoms with Crippen LogP contribution >= 0.6 is 0 Å². The number of rotatable bonds is 2. The molecule has 1 N–H and O–H groups in total. The number of aliphatic hydroxyl groups excluding tert-OH is 1. The lowest BCUT2D eigenvalue weighted by molar-refractivity contribution is 0.231. The molecule has 2 aromatic rings. The van der Waals surface area contributed by atoms with Gasteiger partial charge < -0.3 is 10.0 Å². The molecule has 3 aliphatic rings. The highest BCUT2D eigenvalue weighted by atomic mass is 16.3. The largest absolute Gasteiger partial charge is 0.390 e. The molecular formula is C23H25N3O. The molecule has 4 nitrogen and oxygen atoms in total. The molecule has 1 aromatic heterocycles. The molecule has 138 valence electrons. The molecule has 0 atom stereocenters. The van der Waals surface area contributed by atoms with E-state index in [-0.39, 0.29) is 6.61 Å². The summed E-state index contributed by atoms with van der Waals surface area (Å²) in [5.74, 6) is 7.70. The number of anilines is 1. The molecule has 2 aliphatic carbocycles. The predicted molar refractivity (Wildman–Crippen MR) is 105 cm³/mol. The molecule has 1 saturated heterocycles. The van der Waals surface area contributed by atoms with Crippen molar-refractivity contribution in [2.45, 2.75) is 45.1 Å². The topological polar surface area (TPSA) is 49.3 Å². The monoisotopic (exact) mass is 359 g/mol. The Morgan fingerprint density at radius 1 is 1.11 bits per heavy atom. The van der Waals surface area contributed by atoms with Crippen LogP contribution in [0.1, 0.15) is 48.2 Å². The van der Waals surface area contributed by atoms with E-state index in [0.717, 1.165) is 31.7 Å². The van der Waals surface area contributed by atoms with Crippen LogP contribution in [0.2, 0.25) is 0 Å². The first-order valence-corrected chi connectivity index (χ1v) is 10.0. The van der Waals surface area contributed by atoms with Crippen LogP contribution in [-0.4, -0.2) is 28.2 Å². The molecule has 5 rings (SSSR count). The Bertz CT molecular complexity index is 888. The second-order valence-electron chi connectivity index (χ2n) is 8.34. The molecule has 1 spiro atoms. The molecule has 2 fully saturated rings. The Morgan fingerprint density at radius 2 is 1.81 bits per heavy atom. The minimum atomic E-state index is -0.0889. The van der Waals surface area contributed by atoms with Crippen molar-refractivity contribution in [3.63, 3.8) is 0 Å². The van der Waals surface area contributed by atoms with Gasteiger partial charge >= 0.3 is 0 Å². The molecule has 2 heterocycles. The average molecular weight is 359 g/mol. The van der Waals surface area contributed by atoms with Crippen molar-refractivity contribution in [1.82, 2.24) is 9.97 Å². The second kappa shape index (κ2) is 6.65. The van der Waals surface area contributed by atoms with E-state index >= 15 is 0 Å². The fourth-order valence-corrected chi connectivity index (χ4v) is 4.57. The fourth-order valence-electron chi connectivity index (χ4n) is 4.57. The molecule has 0 radical (unpaired) electrons. The van der Waals surface area contributed by atoms with Gasteiger partial charge in [0.1, 0.15) is 11.4 Å².